The molecule has 8 heteroatoms. The minimum Gasteiger partial charge on any atom is -0.356 e. The first-order valence-electron chi connectivity index (χ1n) is 10.2. The van der Waals surface area contributed by atoms with Crippen LogP contribution in [0.3, 0.4) is 0 Å². The molecule has 158 valence electrons. The summed E-state index contributed by atoms with van der Waals surface area (Å²) < 4.78 is 2.09. The highest BCUT2D eigenvalue weighted by Gasteiger charge is 2.16. The summed E-state index contributed by atoms with van der Waals surface area (Å²) >= 11 is 3.27. The molecular weight excluding hydrogens is 426 g/mol. The fraction of sp³-hybridized carbons (Fsp3) is 0.217. The first kappa shape index (κ1) is 21.3. The molecule has 0 unspecified atom stereocenters. The van der Waals surface area contributed by atoms with E-state index in [-0.39, 0.29) is 5.91 Å². The van der Waals surface area contributed by atoms with Crippen molar-refractivity contribution in [1.29, 1.82) is 0 Å². The molecule has 1 N–H and O–H groups in total. The number of rotatable bonds is 10. The Morgan fingerprint density at radius 2 is 1.90 bits per heavy atom. The van der Waals surface area contributed by atoms with Gasteiger partial charge in [0.05, 0.1) is 4.88 Å². The number of nitrogens with one attached hydrogen (secondary N) is 1. The van der Waals surface area contributed by atoms with Crippen molar-refractivity contribution >= 4 is 29.0 Å². The van der Waals surface area contributed by atoms with Gasteiger partial charge in [-0.1, -0.05) is 42.1 Å². The molecule has 0 saturated heterocycles. The second kappa shape index (κ2) is 10.9. The lowest BCUT2D eigenvalue weighted by Gasteiger charge is -2.09. The van der Waals surface area contributed by atoms with E-state index in [9.17, 15) is 4.79 Å². The van der Waals surface area contributed by atoms with Gasteiger partial charge in [0, 0.05) is 42.7 Å². The zero-order valence-corrected chi connectivity index (χ0v) is 18.6. The summed E-state index contributed by atoms with van der Waals surface area (Å²) in [6.07, 6.45) is 3.78. The van der Waals surface area contributed by atoms with Crippen molar-refractivity contribution in [2.24, 2.45) is 0 Å². The number of hydrogen-bond donors (Lipinski definition) is 1. The van der Waals surface area contributed by atoms with E-state index in [1.54, 1.807) is 29.3 Å². The maximum absolute atomic E-state index is 12.1. The van der Waals surface area contributed by atoms with Gasteiger partial charge in [-0.15, -0.1) is 21.5 Å². The number of thioether (sulfide) groups is 1. The Morgan fingerprint density at radius 1 is 1.03 bits per heavy atom. The Labute approximate surface area is 189 Å². The van der Waals surface area contributed by atoms with E-state index in [4.69, 9.17) is 0 Å². The zero-order valence-electron chi connectivity index (χ0n) is 17.0. The Balaban J connectivity index is 1.30. The number of hydrogen-bond acceptors (Lipinski definition) is 6. The van der Waals surface area contributed by atoms with Crippen molar-refractivity contribution in [2.75, 3.05) is 12.3 Å². The normalized spacial score (nSPS) is 10.8. The number of para-hydroxylation sites is 1. The highest BCUT2D eigenvalue weighted by molar-refractivity contribution is 7.99. The molecule has 1 amide bonds. The third kappa shape index (κ3) is 5.80. The van der Waals surface area contributed by atoms with Gasteiger partial charge in [-0.2, -0.15) is 0 Å². The fourth-order valence-corrected chi connectivity index (χ4v) is 4.69. The van der Waals surface area contributed by atoms with E-state index in [1.807, 2.05) is 47.8 Å². The average molecular weight is 450 g/mol. The van der Waals surface area contributed by atoms with Gasteiger partial charge in [-0.05, 0) is 42.1 Å². The van der Waals surface area contributed by atoms with Crippen molar-refractivity contribution < 1.29 is 4.79 Å². The highest BCUT2D eigenvalue weighted by Crippen LogP contribution is 2.30. The van der Waals surface area contributed by atoms with Crippen LogP contribution in [0.25, 0.3) is 16.4 Å². The number of carbonyl (C=O) groups excluding carboxylic acids is 1. The fourth-order valence-electron chi connectivity index (χ4n) is 3.10. The van der Waals surface area contributed by atoms with Crippen LogP contribution in [0.1, 0.15) is 18.5 Å². The number of benzene rings is 1. The van der Waals surface area contributed by atoms with Gasteiger partial charge in [0.15, 0.2) is 11.0 Å². The van der Waals surface area contributed by atoms with Gasteiger partial charge in [-0.3, -0.25) is 14.3 Å². The Hall–Kier alpha value is -2.97. The molecule has 4 aromatic rings. The summed E-state index contributed by atoms with van der Waals surface area (Å²) in [6, 6.07) is 20.0. The monoisotopic (exact) mass is 449 g/mol. The smallest absolute Gasteiger partial charge is 0.220 e. The molecule has 3 heterocycles. The summed E-state index contributed by atoms with van der Waals surface area (Å²) in [6.45, 7) is 0.607. The number of pyridine rings is 1. The van der Waals surface area contributed by atoms with Gasteiger partial charge in [0.2, 0.25) is 5.91 Å². The van der Waals surface area contributed by atoms with E-state index >= 15 is 0 Å². The van der Waals surface area contributed by atoms with E-state index in [0.29, 0.717) is 13.0 Å². The molecule has 0 atom stereocenters. The van der Waals surface area contributed by atoms with Gasteiger partial charge in [0.25, 0.3) is 0 Å². The van der Waals surface area contributed by atoms with Crippen molar-refractivity contribution in [3.8, 4) is 16.4 Å². The number of thiophene rings is 1. The molecule has 0 saturated carbocycles. The summed E-state index contributed by atoms with van der Waals surface area (Å²) in [7, 11) is 0. The van der Waals surface area contributed by atoms with Crippen LogP contribution in [-0.4, -0.2) is 38.0 Å². The summed E-state index contributed by atoms with van der Waals surface area (Å²) in [5, 5.41) is 14.7. The molecule has 0 aliphatic heterocycles. The van der Waals surface area contributed by atoms with E-state index < -0.39 is 0 Å². The van der Waals surface area contributed by atoms with Crippen LogP contribution in [0.4, 0.5) is 0 Å². The van der Waals surface area contributed by atoms with Gasteiger partial charge in [-0.25, -0.2) is 0 Å². The molecule has 0 radical (unpaired) electrons. The summed E-state index contributed by atoms with van der Waals surface area (Å²) in [4.78, 5) is 17.5. The molecule has 4 rings (SSSR count). The second-order valence-corrected chi connectivity index (χ2v) is 8.84. The number of aromatic nitrogens is 4. The quantitative estimate of drug-likeness (QED) is 0.282. The largest absolute Gasteiger partial charge is 0.356 e. The standard InChI is InChI=1S/C23H23N5OS2/c29-21(25-15-13-18-8-4-5-14-24-18)12-7-17-31-23-27-26-22(20-11-6-16-30-20)28(23)19-9-2-1-3-10-19/h1-6,8-11,14,16H,7,12-13,15,17H2,(H,25,29). The number of amides is 1. The van der Waals surface area contributed by atoms with E-state index in [0.717, 1.165) is 45.8 Å². The predicted octanol–water partition coefficient (Wildman–Crippen LogP) is 4.62. The Morgan fingerprint density at radius 3 is 2.68 bits per heavy atom. The van der Waals surface area contributed by atoms with Crippen LogP contribution < -0.4 is 5.32 Å². The van der Waals surface area contributed by atoms with E-state index in [1.165, 1.54) is 0 Å². The molecule has 0 spiro atoms. The van der Waals surface area contributed by atoms with Crippen LogP contribution in [-0.2, 0) is 11.2 Å². The molecule has 0 fully saturated rings. The molecule has 0 aliphatic carbocycles. The minimum atomic E-state index is 0.0698. The maximum atomic E-state index is 12.1. The second-order valence-electron chi connectivity index (χ2n) is 6.83. The van der Waals surface area contributed by atoms with Gasteiger partial charge < -0.3 is 5.32 Å². The first-order valence-corrected chi connectivity index (χ1v) is 12.0. The maximum Gasteiger partial charge on any atom is 0.220 e. The van der Waals surface area contributed by atoms with E-state index in [2.05, 4.69) is 43.3 Å². The molecule has 3 aromatic heterocycles. The van der Waals surface area contributed by atoms with Crippen LogP contribution >= 0.6 is 23.1 Å². The molecule has 31 heavy (non-hydrogen) atoms. The van der Waals surface area contributed by atoms with Gasteiger partial charge in [0.1, 0.15) is 0 Å². The summed E-state index contributed by atoms with van der Waals surface area (Å²) in [5.74, 6) is 1.71. The lowest BCUT2D eigenvalue weighted by Crippen LogP contribution is -2.25. The molecule has 6 nitrogen and oxygen atoms in total. The van der Waals surface area contributed by atoms with Crippen molar-refractivity contribution in [2.45, 2.75) is 24.4 Å². The Bertz CT molecular complexity index is 1080. The predicted molar refractivity (Wildman–Crippen MR) is 126 cm³/mol. The minimum absolute atomic E-state index is 0.0698. The number of nitrogens with zero attached hydrogens (tertiary/aromatic N) is 4. The zero-order chi connectivity index (χ0) is 21.3. The average Bonchev–Trinajstić information content (AvgIpc) is 3.48. The molecule has 0 aliphatic rings. The third-order valence-corrected chi connectivity index (χ3v) is 6.48. The SMILES string of the molecule is O=C(CCCSc1nnc(-c2cccs2)n1-c1ccccc1)NCCc1ccccn1. The summed E-state index contributed by atoms with van der Waals surface area (Å²) in [5.41, 5.74) is 2.02. The van der Waals surface area contributed by atoms with Crippen LogP contribution in [0.5, 0.6) is 0 Å². The third-order valence-electron chi connectivity index (χ3n) is 4.60. The Kier molecular flexibility index (Phi) is 7.46. The van der Waals surface area contributed by atoms with Crippen molar-refractivity contribution in [1.82, 2.24) is 25.1 Å². The van der Waals surface area contributed by atoms with Crippen molar-refractivity contribution in [3.63, 3.8) is 0 Å². The van der Waals surface area contributed by atoms with Crippen molar-refractivity contribution in [3.05, 3.63) is 77.9 Å². The lowest BCUT2D eigenvalue weighted by atomic mass is 10.2. The van der Waals surface area contributed by atoms with Crippen LogP contribution in [0, 0.1) is 0 Å². The first-order chi connectivity index (χ1) is 15.3. The topological polar surface area (TPSA) is 72.7 Å². The number of carbonyl (C=O) groups is 1. The van der Waals surface area contributed by atoms with Gasteiger partial charge >= 0.3 is 0 Å². The molecule has 0 bridgehead atoms. The van der Waals surface area contributed by atoms with Crippen LogP contribution in [0.15, 0.2) is 77.4 Å². The lowest BCUT2D eigenvalue weighted by molar-refractivity contribution is -0.121. The molecule has 1 aromatic carbocycles. The van der Waals surface area contributed by atoms with Crippen LogP contribution in [0.2, 0.25) is 0 Å². The highest BCUT2D eigenvalue weighted by atomic mass is 32.2. The molecular formula is C23H23N5OS2.